The zero-order valence-corrected chi connectivity index (χ0v) is 15.6. The van der Waals surface area contributed by atoms with Gasteiger partial charge in [0, 0.05) is 26.1 Å². The lowest BCUT2D eigenvalue weighted by molar-refractivity contribution is -0.00860. The topological polar surface area (TPSA) is 108 Å². The van der Waals surface area contributed by atoms with Crippen LogP contribution in [0.25, 0.3) is 11.2 Å². The van der Waals surface area contributed by atoms with E-state index in [2.05, 4.69) is 44.5 Å². The fourth-order valence-electron chi connectivity index (χ4n) is 3.46. The van der Waals surface area contributed by atoms with Gasteiger partial charge in [0.2, 0.25) is 0 Å². The maximum Gasteiger partial charge on any atom is 0.167 e. The van der Waals surface area contributed by atoms with Gasteiger partial charge in [-0.2, -0.15) is 0 Å². The highest BCUT2D eigenvalue weighted by atomic mass is 16.5. The van der Waals surface area contributed by atoms with Gasteiger partial charge in [-0.15, -0.1) is 0 Å². The summed E-state index contributed by atoms with van der Waals surface area (Å²) in [4.78, 5) is 15.4. The monoisotopic (exact) mass is 359 g/mol. The van der Waals surface area contributed by atoms with E-state index in [1.165, 1.54) is 6.33 Å². The van der Waals surface area contributed by atoms with Crippen LogP contribution in [-0.4, -0.2) is 57.2 Å². The average molecular weight is 359 g/mol. The maximum atomic E-state index is 6.35. The van der Waals surface area contributed by atoms with Crippen molar-refractivity contribution in [2.75, 3.05) is 32.4 Å². The molecule has 1 aliphatic rings. The Morgan fingerprint density at radius 3 is 2.96 bits per heavy atom. The molecule has 4 N–H and O–H groups in total. The summed E-state index contributed by atoms with van der Waals surface area (Å²) in [6, 6.07) is 0. The highest BCUT2D eigenvalue weighted by Crippen LogP contribution is 2.33. The van der Waals surface area contributed by atoms with E-state index in [1.807, 2.05) is 6.08 Å². The number of ether oxygens (including phenoxy) is 1. The minimum atomic E-state index is -0.0474. The number of hydrogen-bond donors (Lipinski definition) is 2. The summed E-state index contributed by atoms with van der Waals surface area (Å²) in [7, 11) is 2.10. The van der Waals surface area contributed by atoms with Crippen LogP contribution in [0.3, 0.4) is 0 Å². The lowest BCUT2D eigenvalue weighted by Crippen LogP contribution is -2.29. The van der Waals surface area contributed by atoms with E-state index in [0.29, 0.717) is 17.9 Å². The van der Waals surface area contributed by atoms with Crippen molar-refractivity contribution >= 4 is 17.0 Å². The number of anilines is 1. The molecule has 2 unspecified atom stereocenters. The predicted molar refractivity (Wildman–Crippen MR) is 103 cm³/mol. The second-order valence-corrected chi connectivity index (χ2v) is 6.80. The SMILES string of the molecule is CCCc1nc2c(N)ncnc2n1C1CCC(CN(C)C/C=C\CN)O1. The van der Waals surface area contributed by atoms with Crippen molar-refractivity contribution in [2.24, 2.45) is 5.73 Å². The Hall–Kier alpha value is -2.03. The first kappa shape index (κ1) is 18.8. The third-order valence-electron chi connectivity index (χ3n) is 4.66. The van der Waals surface area contributed by atoms with Crippen molar-refractivity contribution in [3.05, 3.63) is 24.3 Å². The molecule has 3 heterocycles. The number of imidazole rings is 1. The van der Waals surface area contributed by atoms with Gasteiger partial charge in [-0.1, -0.05) is 19.1 Å². The zero-order valence-electron chi connectivity index (χ0n) is 15.6. The maximum absolute atomic E-state index is 6.35. The first-order valence-electron chi connectivity index (χ1n) is 9.30. The Bertz CT molecular complexity index is 757. The highest BCUT2D eigenvalue weighted by molar-refractivity contribution is 5.81. The number of aryl methyl sites for hydroxylation is 1. The molecular formula is C18H29N7O. The van der Waals surface area contributed by atoms with Gasteiger partial charge in [0.1, 0.15) is 18.4 Å². The normalized spacial score (nSPS) is 20.8. The van der Waals surface area contributed by atoms with Gasteiger partial charge in [-0.3, -0.25) is 4.57 Å². The predicted octanol–water partition coefficient (Wildman–Crippen LogP) is 1.49. The molecule has 0 spiro atoms. The van der Waals surface area contributed by atoms with E-state index >= 15 is 0 Å². The quantitative estimate of drug-likeness (QED) is 0.687. The second kappa shape index (κ2) is 8.57. The number of likely N-dealkylation sites (N-methyl/N-ethyl adjacent to an activating group) is 1. The van der Waals surface area contributed by atoms with Crippen LogP contribution in [0.1, 0.15) is 38.2 Å². The van der Waals surface area contributed by atoms with Gasteiger partial charge < -0.3 is 21.1 Å². The van der Waals surface area contributed by atoms with Gasteiger partial charge in [0.15, 0.2) is 17.0 Å². The largest absolute Gasteiger partial charge is 0.382 e. The van der Waals surface area contributed by atoms with Gasteiger partial charge in [0.25, 0.3) is 0 Å². The Morgan fingerprint density at radius 2 is 2.19 bits per heavy atom. The van der Waals surface area contributed by atoms with E-state index in [9.17, 15) is 0 Å². The molecule has 0 aliphatic carbocycles. The number of aromatic nitrogens is 4. The number of nitrogen functional groups attached to an aromatic ring is 1. The third-order valence-corrected chi connectivity index (χ3v) is 4.66. The molecule has 1 aliphatic heterocycles. The highest BCUT2D eigenvalue weighted by Gasteiger charge is 2.30. The molecule has 0 aromatic carbocycles. The minimum Gasteiger partial charge on any atom is -0.382 e. The van der Waals surface area contributed by atoms with Crippen LogP contribution >= 0.6 is 0 Å². The minimum absolute atomic E-state index is 0.0474. The summed E-state index contributed by atoms with van der Waals surface area (Å²) in [5.41, 5.74) is 12.9. The van der Waals surface area contributed by atoms with Crippen LogP contribution in [0.5, 0.6) is 0 Å². The summed E-state index contributed by atoms with van der Waals surface area (Å²) in [5.74, 6) is 1.40. The third kappa shape index (κ3) is 4.03. The Labute approximate surface area is 154 Å². The lowest BCUT2D eigenvalue weighted by atomic mass is 10.2. The van der Waals surface area contributed by atoms with E-state index in [1.54, 1.807) is 0 Å². The number of fused-ring (bicyclic) bond motifs is 1. The van der Waals surface area contributed by atoms with Crippen molar-refractivity contribution in [2.45, 2.75) is 44.9 Å². The summed E-state index contributed by atoms with van der Waals surface area (Å²) < 4.78 is 8.47. The van der Waals surface area contributed by atoms with E-state index in [4.69, 9.17) is 16.2 Å². The standard InChI is InChI=1S/C18H29N7O/c1-3-6-14-23-16-17(20)21-12-22-18(16)25(14)15-8-7-13(26-15)11-24(2)10-5-4-9-19/h4-5,12-13,15H,3,6-11,19H2,1-2H3,(H2,20,21,22)/b5-4-. The molecule has 1 fully saturated rings. The smallest absolute Gasteiger partial charge is 0.167 e. The molecule has 2 atom stereocenters. The molecule has 0 saturated carbocycles. The van der Waals surface area contributed by atoms with Gasteiger partial charge in [-0.05, 0) is 26.3 Å². The zero-order chi connectivity index (χ0) is 18.5. The Kier molecular flexibility index (Phi) is 6.18. The second-order valence-electron chi connectivity index (χ2n) is 6.80. The summed E-state index contributed by atoms with van der Waals surface area (Å²) >= 11 is 0. The molecule has 26 heavy (non-hydrogen) atoms. The van der Waals surface area contributed by atoms with E-state index < -0.39 is 0 Å². The molecule has 2 aromatic rings. The lowest BCUT2D eigenvalue weighted by Gasteiger charge is -2.21. The van der Waals surface area contributed by atoms with Crippen molar-refractivity contribution in [3.63, 3.8) is 0 Å². The number of nitrogens with zero attached hydrogens (tertiary/aromatic N) is 5. The fourth-order valence-corrected chi connectivity index (χ4v) is 3.46. The van der Waals surface area contributed by atoms with Crippen molar-refractivity contribution in [1.82, 2.24) is 24.4 Å². The van der Waals surface area contributed by atoms with Crippen molar-refractivity contribution in [3.8, 4) is 0 Å². The molecule has 2 aromatic heterocycles. The number of rotatable bonds is 8. The molecule has 0 bridgehead atoms. The van der Waals surface area contributed by atoms with Crippen LogP contribution in [0.15, 0.2) is 18.5 Å². The summed E-state index contributed by atoms with van der Waals surface area (Å²) in [5, 5.41) is 0. The molecule has 8 heteroatoms. The molecule has 0 amide bonds. The Morgan fingerprint density at radius 1 is 1.35 bits per heavy atom. The number of nitrogens with two attached hydrogens (primary N) is 2. The van der Waals surface area contributed by atoms with E-state index in [0.717, 1.165) is 50.2 Å². The fraction of sp³-hybridized carbons (Fsp3) is 0.611. The van der Waals surface area contributed by atoms with Gasteiger partial charge in [0.05, 0.1) is 6.10 Å². The molecular weight excluding hydrogens is 330 g/mol. The van der Waals surface area contributed by atoms with Crippen molar-refractivity contribution in [1.29, 1.82) is 0 Å². The van der Waals surface area contributed by atoms with Gasteiger partial charge in [-0.25, -0.2) is 15.0 Å². The molecule has 142 valence electrons. The summed E-state index contributed by atoms with van der Waals surface area (Å²) in [6.45, 7) is 4.48. The first-order chi connectivity index (χ1) is 12.6. The van der Waals surface area contributed by atoms with Crippen LogP contribution in [0, 0.1) is 0 Å². The molecule has 1 saturated heterocycles. The van der Waals surface area contributed by atoms with Crippen LogP contribution in [-0.2, 0) is 11.2 Å². The number of hydrogen-bond acceptors (Lipinski definition) is 7. The van der Waals surface area contributed by atoms with Crippen LogP contribution in [0.2, 0.25) is 0 Å². The van der Waals surface area contributed by atoms with Crippen molar-refractivity contribution < 1.29 is 4.74 Å². The Balaban J connectivity index is 1.75. The molecule has 3 rings (SSSR count). The van der Waals surface area contributed by atoms with Crippen LogP contribution in [0.4, 0.5) is 5.82 Å². The van der Waals surface area contributed by atoms with Crippen LogP contribution < -0.4 is 11.5 Å². The van der Waals surface area contributed by atoms with E-state index in [-0.39, 0.29) is 12.3 Å². The average Bonchev–Trinajstić information content (AvgIpc) is 3.20. The first-order valence-corrected chi connectivity index (χ1v) is 9.30. The summed E-state index contributed by atoms with van der Waals surface area (Å²) in [6.07, 6.45) is 9.55. The molecule has 0 radical (unpaired) electrons. The van der Waals surface area contributed by atoms with Gasteiger partial charge >= 0.3 is 0 Å². The molecule has 8 nitrogen and oxygen atoms in total.